The van der Waals surface area contributed by atoms with E-state index in [0.29, 0.717) is 11.7 Å². The van der Waals surface area contributed by atoms with Crippen molar-refractivity contribution in [2.45, 2.75) is 13.3 Å². The lowest BCUT2D eigenvalue weighted by Crippen LogP contribution is -2.06. The summed E-state index contributed by atoms with van der Waals surface area (Å²) in [6.07, 6.45) is 2.62. The van der Waals surface area contributed by atoms with Crippen molar-refractivity contribution in [1.29, 1.82) is 0 Å². The van der Waals surface area contributed by atoms with Crippen LogP contribution in [0.2, 0.25) is 4.34 Å². The topological polar surface area (TPSA) is 63.8 Å². The van der Waals surface area contributed by atoms with Gasteiger partial charge in [0.05, 0.1) is 9.90 Å². The number of nitrogens with zero attached hydrogens (tertiary/aromatic N) is 3. The van der Waals surface area contributed by atoms with E-state index in [1.807, 2.05) is 24.3 Å². The van der Waals surface area contributed by atoms with E-state index in [2.05, 4.69) is 20.4 Å². The summed E-state index contributed by atoms with van der Waals surface area (Å²) in [5.41, 5.74) is 0.808. The van der Waals surface area contributed by atoms with Crippen molar-refractivity contribution in [2.75, 3.05) is 11.9 Å². The fourth-order valence-corrected chi connectivity index (χ4v) is 3.00. The third-order valence-corrected chi connectivity index (χ3v) is 4.15. The molecule has 0 aliphatic heterocycles. The Labute approximate surface area is 131 Å². The van der Waals surface area contributed by atoms with Crippen LogP contribution in [0, 0.1) is 6.92 Å². The van der Waals surface area contributed by atoms with Crippen LogP contribution in [0.3, 0.4) is 0 Å². The molecule has 3 rings (SSSR count). The molecule has 0 saturated carbocycles. The van der Waals surface area contributed by atoms with Crippen molar-refractivity contribution in [3.8, 4) is 11.5 Å². The van der Waals surface area contributed by atoms with E-state index in [1.165, 1.54) is 4.88 Å². The number of anilines is 1. The second kappa shape index (κ2) is 6.24. The highest BCUT2D eigenvalue weighted by molar-refractivity contribution is 7.16. The van der Waals surface area contributed by atoms with Crippen molar-refractivity contribution in [2.24, 2.45) is 0 Å². The molecule has 0 aromatic carbocycles. The molecule has 0 atom stereocenters. The first kappa shape index (κ1) is 14.0. The van der Waals surface area contributed by atoms with Crippen molar-refractivity contribution >= 4 is 28.8 Å². The summed E-state index contributed by atoms with van der Waals surface area (Å²) in [6, 6.07) is 7.70. The first-order valence-corrected chi connectivity index (χ1v) is 7.65. The van der Waals surface area contributed by atoms with Crippen molar-refractivity contribution in [3.63, 3.8) is 0 Å². The summed E-state index contributed by atoms with van der Waals surface area (Å²) < 4.78 is 6.01. The number of hydrogen-bond donors (Lipinski definition) is 1. The van der Waals surface area contributed by atoms with Crippen LogP contribution in [0.1, 0.15) is 10.7 Å². The third kappa shape index (κ3) is 3.40. The van der Waals surface area contributed by atoms with E-state index in [9.17, 15) is 0 Å². The maximum atomic E-state index is 5.92. The van der Waals surface area contributed by atoms with Crippen molar-refractivity contribution in [3.05, 3.63) is 45.5 Å². The van der Waals surface area contributed by atoms with E-state index >= 15 is 0 Å². The molecule has 0 saturated heterocycles. The standard InChI is InChI=1S/C14H13ClN4OS/c1-9-18-14(20-19-9)11-3-2-7-16-13(11)17-8-6-10-4-5-12(15)21-10/h2-5,7H,6,8H2,1H3,(H,16,17). The summed E-state index contributed by atoms with van der Waals surface area (Å²) >= 11 is 7.51. The van der Waals surface area contributed by atoms with Gasteiger partial charge in [0.2, 0.25) is 0 Å². The predicted octanol–water partition coefficient (Wildman–Crippen LogP) is 3.81. The Bertz CT molecular complexity index is 740. The van der Waals surface area contributed by atoms with E-state index in [0.717, 1.165) is 28.7 Å². The molecule has 0 aliphatic carbocycles. The average Bonchev–Trinajstić information content (AvgIpc) is 3.08. The summed E-state index contributed by atoms with van der Waals surface area (Å²) in [5, 5.41) is 7.11. The zero-order valence-electron chi connectivity index (χ0n) is 11.3. The fraction of sp³-hybridized carbons (Fsp3) is 0.214. The van der Waals surface area contributed by atoms with Crippen LogP contribution in [-0.4, -0.2) is 21.7 Å². The number of aryl methyl sites for hydroxylation is 1. The lowest BCUT2D eigenvalue weighted by molar-refractivity contribution is 0.425. The number of rotatable bonds is 5. The molecule has 0 spiro atoms. The highest BCUT2D eigenvalue weighted by atomic mass is 35.5. The summed E-state index contributed by atoms with van der Waals surface area (Å²) in [4.78, 5) is 9.81. The molecule has 3 heterocycles. The maximum absolute atomic E-state index is 5.92. The second-order valence-corrected chi connectivity index (χ2v) is 6.23. The first-order valence-electron chi connectivity index (χ1n) is 6.46. The van der Waals surface area contributed by atoms with Gasteiger partial charge >= 0.3 is 0 Å². The summed E-state index contributed by atoms with van der Waals surface area (Å²) in [6.45, 7) is 2.55. The minimum Gasteiger partial charge on any atom is -0.369 e. The van der Waals surface area contributed by atoms with Crippen LogP contribution in [-0.2, 0) is 6.42 Å². The van der Waals surface area contributed by atoms with Gasteiger partial charge in [-0.2, -0.15) is 4.98 Å². The van der Waals surface area contributed by atoms with E-state index in [1.54, 1.807) is 24.5 Å². The third-order valence-electron chi connectivity index (χ3n) is 2.86. The van der Waals surface area contributed by atoms with Gasteiger partial charge in [0, 0.05) is 17.6 Å². The molecule has 3 aromatic heterocycles. The number of aromatic nitrogens is 3. The Morgan fingerprint density at radius 3 is 2.95 bits per heavy atom. The minimum absolute atomic E-state index is 0.474. The van der Waals surface area contributed by atoms with Gasteiger partial charge in [-0.15, -0.1) is 11.3 Å². The smallest absolute Gasteiger partial charge is 0.261 e. The molecule has 3 aromatic rings. The van der Waals surface area contributed by atoms with Gasteiger partial charge in [-0.05, 0) is 37.6 Å². The molecule has 0 amide bonds. The Morgan fingerprint density at radius 2 is 2.24 bits per heavy atom. The number of thiophene rings is 1. The van der Waals surface area contributed by atoms with Gasteiger partial charge in [0.15, 0.2) is 5.82 Å². The molecule has 0 bridgehead atoms. The van der Waals surface area contributed by atoms with Gasteiger partial charge in [-0.25, -0.2) is 4.98 Å². The fourth-order valence-electron chi connectivity index (χ4n) is 1.92. The number of nitrogens with one attached hydrogen (secondary N) is 1. The molecule has 21 heavy (non-hydrogen) atoms. The van der Waals surface area contributed by atoms with Crippen LogP contribution in [0.5, 0.6) is 0 Å². The molecule has 1 N–H and O–H groups in total. The van der Waals surface area contributed by atoms with Gasteiger partial charge in [-0.1, -0.05) is 16.8 Å². The molecule has 5 nitrogen and oxygen atoms in total. The highest BCUT2D eigenvalue weighted by Gasteiger charge is 2.12. The van der Waals surface area contributed by atoms with E-state index in [-0.39, 0.29) is 0 Å². The van der Waals surface area contributed by atoms with Crippen LogP contribution in [0.15, 0.2) is 35.0 Å². The Balaban J connectivity index is 1.71. The maximum Gasteiger partial charge on any atom is 0.261 e. The lowest BCUT2D eigenvalue weighted by atomic mass is 10.2. The van der Waals surface area contributed by atoms with Gasteiger partial charge in [0.25, 0.3) is 5.89 Å². The molecular formula is C14H13ClN4OS. The summed E-state index contributed by atoms with van der Waals surface area (Å²) in [7, 11) is 0. The number of hydrogen-bond acceptors (Lipinski definition) is 6. The second-order valence-electron chi connectivity index (χ2n) is 4.43. The van der Waals surface area contributed by atoms with Crippen molar-refractivity contribution in [1.82, 2.24) is 15.1 Å². The quantitative estimate of drug-likeness (QED) is 0.774. The molecule has 0 aliphatic rings. The molecule has 0 fully saturated rings. The number of halogens is 1. The average molecular weight is 321 g/mol. The van der Waals surface area contributed by atoms with Gasteiger partial charge in [-0.3, -0.25) is 0 Å². The zero-order valence-corrected chi connectivity index (χ0v) is 12.9. The summed E-state index contributed by atoms with van der Waals surface area (Å²) in [5.74, 6) is 1.82. The zero-order chi connectivity index (χ0) is 14.7. The van der Waals surface area contributed by atoms with Gasteiger partial charge in [0.1, 0.15) is 5.82 Å². The largest absolute Gasteiger partial charge is 0.369 e. The lowest BCUT2D eigenvalue weighted by Gasteiger charge is -2.07. The molecule has 0 radical (unpaired) electrons. The van der Waals surface area contributed by atoms with Crippen LogP contribution >= 0.6 is 22.9 Å². The normalized spacial score (nSPS) is 10.8. The van der Waals surface area contributed by atoms with Crippen LogP contribution in [0.25, 0.3) is 11.5 Å². The monoisotopic (exact) mass is 320 g/mol. The van der Waals surface area contributed by atoms with Crippen molar-refractivity contribution < 1.29 is 4.52 Å². The Morgan fingerprint density at radius 1 is 1.33 bits per heavy atom. The molecule has 7 heteroatoms. The molecular weight excluding hydrogens is 308 g/mol. The van der Waals surface area contributed by atoms with E-state index < -0.39 is 0 Å². The number of pyridine rings is 1. The van der Waals surface area contributed by atoms with Crippen LogP contribution < -0.4 is 5.32 Å². The Hall–Kier alpha value is -1.92. The SMILES string of the molecule is Cc1noc(-c2cccnc2NCCc2ccc(Cl)s2)n1. The molecule has 0 unspecified atom stereocenters. The minimum atomic E-state index is 0.474. The highest BCUT2D eigenvalue weighted by Crippen LogP contribution is 2.25. The molecule has 108 valence electrons. The van der Waals surface area contributed by atoms with Gasteiger partial charge < -0.3 is 9.84 Å². The first-order chi connectivity index (χ1) is 10.2. The Kier molecular flexibility index (Phi) is 4.17. The predicted molar refractivity (Wildman–Crippen MR) is 83.8 cm³/mol. The van der Waals surface area contributed by atoms with E-state index in [4.69, 9.17) is 16.1 Å². The van der Waals surface area contributed by atoms with Crippen LogP contribution in [0.4, 0.5) is 5.82 Å².